The first-order valence-electron chi connectivity index (χ1n) is 10.3. The molecule has 0 unspecified atom stereocenters. The minimum Gasteiger partial charge on any atom is -0.352 e. The van der Waals surface area contributed by atoms with E-state index in [1.165, 1.54) is 0 Å². The summed E-state index contributed by atoms with van der Waals surface area (Å²) in [5.74, 6) is -0.259. The predicted molar refractivity (Wildman–Crippen MR) is 124 cm³/mol. The van der Waals surface area contributed by atoms with Crippen LogP contribution in [-0.2, 0) is 22.6 Å². The molecule has 0 fully saturated rings. The molecule has 2 rings (SSSR count). The number of amides is 2. The number of aryl methyl sites for hydroxylation is 1. The van der Waals surface area contributed by atoms with Gasteiger partial charge in [0, 0.05) is 22.6 Å². The molecule has 1 N–H and O–H groups in total. The third-order valence-corrected chi connectivity index (χ3v) is 5.81. The van der Waals surface area contributed by atoms with Crippen molar-refractivity contribution in [2.75, 3.05) is 0 Å². The molecule has 0 aliphatic rings. The van der Waals surface area contributed by atoms with Crippen LogP contribution in [0.2, 0.25) is 10.0 Å². The van der Waals surface area contributed by atoms with Gasteiger partial charge >= 0.3 is 0 Å². The van der Waals surface area contributed by atoms with E-state index in [2.05, 4.69) is 5.32 Å². The second kappa shape index (κ2) is 11.4. The van der Waals surface area contributed by atoms with Crippen LogP contribution in [0.25, 0.3) is 0 Å². The average molecular weight is 449 g/mol. The first kappa shape index (κ1) is 24.2. The summed E-state index contributed by atoms with van der Waals surface area (Å²) in [6.45, 7) is 8.13. The third kappa shape index (κ3) is 6.75. The summed E-state index contributed by atoms with van der Waals surface area (Å²) in [5.41, 5.74) is 2.80. The van der Waals surface area contributed by atoms with Crippen molar-refractivity contribution in [2.24, 2.45) is 0 Å². The van der Waals surface area contributed by atoms with Gasteiger partial charge in [0.25, 0.3) is 0 Å². The fourth-order valence-corrected chi connectivity index (χ4v) is 3.64. The van der Waals surface area contributed by atoms with Crippen molar-refractivity contribution in [1.82, 2.24) is 10.2 Å². The summed E-state index contributed by atoms with van der Waals surface area (Å²) in [5, 5.41) is 4.02. The molecule has 30 heavy (non-hydrogen) atoms. The lowest BCUT2D eigenvalue weighted by atomic mass is 10.1. The maximum atomic E-state index is 13.3. The highest BCUT2D eigenvalue weighted by Gasteiger charge is 2.29. The highest BCUT2D eigenvalue weighted by Crippen LogP contribution is 2.24. The Morgan fingerprint density at radius 3 is 2.27 bits per heavy atom. The number of rotatable bonds is 9. The highest BCUT2D eigenvalue weighted by molar-refractivity contribution is 6.35. The predicted octanol–water partition coefficient (Wildman–Crippen LogP) is 5.57. The Morgan fingerprint density at radius 2 is 1.70 bits per heavy atom. The number of carbonyl (C=O) groups is 2. The molecule has 0 aliphatic carbocycles. The van der Waals surface area contributed by atoms with Crippen molar-refractivity contribution >= 4 is 35.0 Å². The Morgan fingerprint density at radius 1 is 1.03 bits per heavy atom. The van der Waals surface area contributed by atoms with Gasteiger partial charge in [0.15, 0.2) is 0 Å². The average Bonchev–Trinajstić information content (AvgIpc) is 2.70. The lowest BCUT2D eigenvalue weighted by molar-refractivity contribution is -0.141. The number of halogens is 2. The first-order chi connectivity index (χ1) is 14.2. The van der Waals surface area contributed by atoms with Crippen LogP contribution in [0.3, 0.4) is 0 Å². The normalized spacial score (nSPS) is 12.9. The molecule has 0 saturated heterocycles. The van der Waals surface area contributed by atoms with Crippen molar-refractivity contribution in [3.8, 4) is 0 Å². The van der Waals surface area contributed by atoms with Crippen molar-refractivity contribution in [3.05, 3.63) is 69.2 Å². The Hall–Kier alpha value is -2.04. The van der Waals surface area contributed by atoms with Gasteiger partial charge in [-0.2, -0.15) is 0 Å². The van der Waals surface area contributed by atoms with Gasteiger partial charge in [-0.3, -0.25) is 9.59 Å². The lowest BCUT2D eigenvalue weighted by Gasteiger charge is -2.32. The molecule has 2 aromatic carbocycles. The number of hydrogen-bond donors (Lipinski definition) is 1. The van der Waals surface area contributed by atoms with Crippen LogP contribution in [0.1, 0.15) is 50.3 Å². The van der Waals surface area contributed by atoms with Crippen LogP contribution in [0.15, 0.2) is 42.5 Å². The Bertz CT molecular complexity index is 868. The number of hydrogen-bond acceptors (Lipinski definition) is 2. The largest absolute Gasteiger partial charge is 0.352 e. The molecule has 4 nitrogen and oxygen atoms in total. The molecule has 0 aliphatic heterocycles. The smallest absolute Gasteiger partial charge is 0.243 e. The quantitative estimate of drug-likeness (QED) is 0.545. The number of nitrogens with zero attached hydrogens (tertiary/aromatic N) is 1. The third-order valence-electron chi connectivity index (χ3n) is 5.22. The van der Waals surface area contributed by atoms with Crippen LogP contribution in [-0.4, -0.2) is 28.8 Å². The molecule has 0 saturated carbocycles. The van der Waals surface area contributed by atoms with Gasteiger partial charge in [-0.05, 0) is 49.9 Å². The Labute approximate surface area is 189 Å². The van der Waals surface area contributed by atoms with Crippen molar-refractivity contribution in [2.45, 2.75) is 65.6 Å². The molecular formula is C24H30Cl2N2O2. The zero-order chi connectivity index (χ0) is 22.3. The molecule has 6 heteroatoms. The van der Waals surface area contributed by atoms with E-state index in [1.807, 2.05) is 52.0 Å². The topological polar surface area (TPSA) is 49.4 Å². The minimum absolute atomic E-state index is 0.0414. The maximum absolute atomic E-state index is 13.3. The van der Waals surface area contributed by atoms with Crippen molar-refractivity contribution in [1.29, 1.82) is 0 Å². The number of benzene rings is 2. The molecule has 2 amide bonds. The van der Waals surface area contributed by atoms with Crippen LogP contribution in [0.5, 0.6) is 0 Å². The van der Waals surface area contributed by atoms with Crippen LogP contribution >= 0.6 is 23.2 Å². The fourth-order valence-electron chi connectivity index (χ4n) is 3.18. The summed E-state index contributed by atoms with van der Waals surface area (Å²) in [7, 11) is 0. The van der Waals surface area contributed by atoms with E-state index < -0.39 is 6.04 Å². The Kier molecular flexibility index (Phi) is 9.19. The zero-order valence-corrected chi connectivity index (χ0v) is 19.6. The number of carbonyl (C=O) groups excluding carboxylic acids is 2. The van der Waals surface area contributed by atoms with E-state index in [0.717, 1.165) is 23.1 Å². The minimum atomic E-state index is -0.580. The molecule has 0 radical (unpaired) electrons. The van der Waals surface area contributed by atoms with Crippen LogP contribution in [0.4, 0.5) is 0 Å². The summed E-state index contributed by atoms with van der Waals surface area (Å²) in [4.78, 5) is 27.9. The van der Waals surface area contributed by atoms with E-state index in [4.69, 9.17) is 23.2 Å². The Balaban J connectivity index is 2.32. The molecular weight excluding hydrogens is 419 g/mol. The SMILES string of the molecule is CC[C@@H](C)NC(=O)[C@@H](CC)N(Cc1ccc(Cl)cc1Cl)C(=O)Cc1ccc(C)cc1. The van der Waals surface area contributed by atoms with Gasteiger partial charge in [-0.1, -0.05) is 72.9 Å². The molecule has 0 heterocycles. The molecule has 2 atom stereocenters. The van der Waals surface area contributed by atoms with E-state index in [9.17, 15) is 9.59 Å². The van der Waals surface area contributed by atoms with E-state index in [-0.39, 0.29) is 30.8 Å². The number of nitrogens with one attached hydrogen (secondary N) is 1. The molecule has 0 bridgehead atoms. The summed E-state index contributed by atoms with van der Waals surface area (Å²) < 4.78 is 0. The van der Waals surface area contributed by atoms with Crippen molar-refractivity contribution in [3.63, 3.8) is 0 Å². The monoisotopic (exact) mass is 448 g/mol. The van der Waals surface area contributed by atoms with E-state index in [0.29, 0.717) is 16.5 Å². The van der Waals surface area contributed by atoms with Gasteiger partial charge in [0.05, 0.1) is 6.42 Å². The summed E-state index contributed by atoms with van der Waals surface area (Å²) in [6.07, 6.45) is 1.55. The zero-order valence-electron chi connectivity index (χ0n) is 18.0. The van der Waals surface area contributed by atoms with E-state index >= 15 is 0 Å². The van der Waals surface area contributed by atoms with Crippen LogP contribution < -0.4 is 5.32 Å². The summed E-state index contributed by atoms with van der Waals surface area (Å²) in [6, 6.07) is 12.5. The molecule has 0 spiro atoms. The first-order valence-corrected chi connectivity index (χ1v) is 11.1. The highest BCUT2D eigenvalue weighted by atomic mass is 35.5. The fraction of sp³-hybridized carbons (Fsp3) is 0.417. The van der Waals surface area contributed by atoms with Gasteiger partial charge < -0.3 is 10.2 Å². The van der Waals surface area contributed by atoms with Crippen molar-refractivity contribution < 1.29 is 9.59 Å². The maximum Gasteiger partial charge on any atom is 0.243 e. The van der Waals surface area contributed by atoms with Gasteiger partial charge in [0.1, 0.15) is 6.04 Å². The van der Waals surface area contributed by atoms with E-state index in [1.54, 1.807) is 23.1 Å². The van der Waals surface area contributed by atoms with Gasteiger partial charge in [-0.25, -0.2) is 0 Å². The van der Waals surface area contributed by atoms with Crippen LogP contribution in [0, 0.1) is 6.92 Å². The molecule has 162 valence electrons. The second-order valence-electron chi connectivity index (χ2n) is 7.66. The summed E-state index contributed by atoms with van der Waals surface area (Å²) >= 11 is 12.4. The lowest BCUT2D eigenvalue weighted by Crippen LogP contribution is -2.51. The molecule has 0 aromatic heterocycles. The molecule has 2 aromatic rings. The standard InChI is InChI=1S/C24H30Cl2N2O2/c1-5-17(4)27-24(30)22(6-2)28(15-19-11-12-20(25)14-21(19)26)23(29)13-18-9-7-16(3)8-10-18/h7-12,14,17,22H,5-6,13,15H2,1-4H3,(H,27,30)/t17-,22-/m1/s1. The van der Waals surface area contributed by atoms with Gasteiger partial charge in [0.2, 0.25) is 11.8 Å². The second-order valence-corrected chi connectivity index (χ2v) is 8.51. The van der Waals surface area contributed by atoms with Gasteiger partial charge in [-0.15, -0.1) is 0 Å².